The Morgan fingerprint density at radius 1 is 1.46 bits per heavy atom. The smallest absolute Gasteiger partial charge is 0.328 e. The third kappa shape index (κ3) is 6.41. The molecule has 130 valence electrons. The van der Waals surface area contributed by atoms with Crippen LogP contribution in [0.3, 0.4) is 0 Å². The molecule has 0 saturated heterocycles. The largest absolute Gasteiger partial charge is 0.461 e. The topological polar surface area (TPSA) is 129 Å². The average molecular weight is 353 g/mol. The van der Waals surface area contributed by atoms with Crippen molar-refractivity contribution in [2.75, 3.05) is 0 Å². The van der Waals surface area contributed by atoms with Crippen LogP contribution in [0.15, 0.2) is 16.8 Å². The molecule has 8 nitrogen and oxygen atoms in total. The molecule has 1 rings (SSSR count). The first kappa shape index (κ1) is 19.7. The fourth-order valence-electron chi connectivity index (χ4n) is 1.81. The maximum atomic E-state index is 12.1. The number of ketones is 1. The SMILES string of the molecule is CC(C)OC(=O)[C@H](CCC(=O)C=[N+]=[N-])NC(=O)[C@H](O)c1ccsc1. The van der Waals surface area contributed by atoms with Gasteiger partial charge in [-0.1, -0.05) is 0 Å². The highest BCUT2D eigenvalue weighted by Crippen LogP contribution is 2.17. The van der Waals surface area contributed by atoms with Gasteiger partial charge in [0.2, 0.25) is 5.78 Å². The monoisotopic (exact) mass is 353 g/mol. The Balaban J connectivity index is 2.76. The van der Waals surface area contributed by atoms with Crippen molar-refractivity contribution < 1.29 is 29.0 Å². The summed E-state index contributed by atoms with van der Waals surface area (Å²) in [7, 11) is 0. The van der Waals surface area contributed by atoms with Gasteiger partial charge >= 0.3 is 12.2 Å². The van der Waals surface area contributed by atoms with Crippen LogP contribution < -0.4 is 5.32 Å². The minimum Gasteiger partial charge on any atom is -0.461 e. The van der Waals surface area contributed by atoms with Crippen LogP contribution in [0.2, 0.25) is 0 Å². The minimum absolute atomic E-state index is 0.0432. The number of nitrogens with zero attached hydrogens (tertiary/aromatic N) is 2. The van der Waals surface area contributed by atoms with E-state index >= 15 is 0 Å². The number of aliphatic hydroxyl groups is 1. The first-order valence-corrected chi connectivity index (χ1v) is 8.20. The lowest BCUT2D eigenvalue weighted by Gasteiger charge is -2.20. The quantitative estimate of drug-likeness (QED) is 0.294. The zero-order valence-electron chi connectivity index (χ0n) is 13.3. The van der Waals surface area contributed by atoms with E-state index in [1.807, 2.05) is 0 Å². The fourth-order valence-corrected chi connectivity index (χ4v) is 2.49. The minimum atomic E-state index is -1.42. The molecule has 0 aliphatic rings. The zero-order chi connectivity index (χ0) is 18.1. The molecule has 2 atom stereocenters. The number of amides is 1. The Morgan fingerprint density at radius 3 is 2.71 bits per heavy atom. The van der Waals surface area contributed by atoms with Gasteiger partial charge in [-0.05, 0) is 37.1 Å². The second kappa shape index (κ2) is 9.71. The van der Waals surface area contributed by atoms with Gasteiger partial charge in [0.25, 0.3) is 5.91 Å². The second-order valence-corrected chi connectivity index (χ2v) is 6.04. The predicted octanol–water partition coefficient (Wildman–Crippen LogP) is 0.868. The van der Waals surface area contributed by atoms with Crippen LogP contribution in [-0.2, 0) is 19.1 Å². The Morgan fingerprint density at radius 2 is 2.17 bits per heavy atom. The third-order valence-corrected chi connectivity index (χ3v) is 3.64. The first-order valence-electron chi connectivity index (χ1n) is 7.26. The summed E-state index contributed by atoms with van der Waals surface area (Å²) >= 11 is 1.32. The molecular weight excluding hydrogens is 334 g/mol. The first-order chi connectivity index (χ1) is 11.3. The van der Waals surface area contributed by atoms with Gasteiger partial charge in [-0.25, -0.2) is 4.79 Å². The summed E-state index contributed by atoms with van der Waals surface area (Å²) in [6, 6.07) is 0.502. The molecule has 24 heavy (non-hydrogen) atoms. The van der Waals surface area contributed by atoms with E-state index in [2.05, 4.69) is 10.1 Å². The molecule has 2 N–H and O–H groups in total. The number of carbonyl (C=O) groups excluding carboxylic acids is 3. The lowest BCUT2D eigenvalue weighted by Crippen LogP contribution is -2.44. The van der Waals surface area contributed by atoms with Crippen molar-refractivity contribution in [2.24, 2.45) is 0 Å². The van der Waals surface area contributed by atoms with Gasteiger partial charge in [-0.3, -0.25) is 9.59 Å². The Bertz CT molecular complexity index is 623. The Hall–Kier alpha value is -2.35. The summed E-state index contributed by atoms with van der Waals surface area (Å²) in [5.74, 6) is -1.97. The molecule has 9 heteroatoms. The predicted molar refractivity (Wildman–Crippen MR) is 86.4 cm³/mol. The van der Waals surface area contributed by atoms with Crippen molar-refractivity contribution in [3.63, 3.8) is 0 Å². The molecule has 0 radical (unpaired) electrons. The Kier molecular flexibility index (Phi) is 7.97. The van der Waals surface area contributed by atoms with E-state index in [1.165, 1.54) is 11.3 Å². The number of hydrogen-bond acceptors (Lipinski definition) is 6. The summed E-state index contributed by atoms with van der Waals surface area (Å²) in [5.41, 5.74) is 8.72. The Labute approximate surface area is 143 Å². The fraction of sp³-hybridized carbons (Fsp3) is 0.467. The van der Waals surface area contributed by atoms with Crippen molar-refractivity contribution >= 4 is 35.2 Å². The van der Waals surface area contributed by atoms with E-state index in [9.17, 15) is 19.5 Å². The van der Waals surface area contributed by atoms with Gasteiger partial charge in [0.1, 0.15) is 6.04 Å². The van der Waals surface area contributed by atoms with Crippen LogP contribution in [0.5, 0.6) is 0 Å². The van der Waals surface area contributed by atoms with Crippen LogP contribution in [0, 0.1) is 0 Å². The molecule has 0 spiro atoms. The number of thiophene rings is 1. The summed E-state index contributed by atoms with van der Waals surface area (Å²) < 4.78 is 5.05. The summed E-state index contributed by atoms with van der Waals surface area (Å²) in [4.78, 5) is 38.1. The molecule has 1 heterocycles. The number of Topliss-reactive ketones (excluding diaryl/α,β-unsaturated/α-hetero) is 1. The highest BCUT2D eigenvalue weighted by Gasteiger charge is 2.27. The van der Waals surface area contributed by atoms with Crippen LogP contribution in [0.1, 0.15) is 38.4 Å². The number of carbonyl (C=O) groups is 3. The summed E-state index contributed by atoms with van der Waals surface area (Å²) in [5, 5.41) is 15.7. The van der Waals surface area contributed by atoms with Gasteiger partial charge < -0.3 is 20.7 Å². The van der Waals surface area contributed by atoms with E-state index in [0.29, 0.717) is 11.8 Å². The maximum absolute atomic E-state index is 12.1. The molecular formula is C15H19N3O5S. The van der Waals surface area contributed by atoms with E-state index in [4.69, 9.17) is 10.3 Å². The zero-order valence-corrected chi connectivity index (χ0v) is 14.2. The normalized spacial score (nSPS) is 12.8. The van der Waals surface area contributed by atoms with Gasteiger partial charge in [0, 0.05) is 12.0 Å². The highest BCUT2D eigenvalue weighted by molar-refractivity contribution is 7.08. The number of rotatable bonds is 9. The van der Waals surface area contributed by atoms with Gasteiger partial charge in [-0.2, -0.15) is 16.1 Å². The van der Waals surface area contributed by atoms with E-state index in [1.54, 1.807) is 30.7 Å². The van der Waals surface area contributed by atoms with Crippen molar-refractivity contribution in [3.05, 3.63) is 27.9 Å². The summed E-state index contributed by atoms with van der Waals surface area (Å²) in [6.45, 7) is 3.31. The molecule has 1 amide bonds. The number of hydrogen-bond donors (Lipinski definition) is 2. The molecule has 0 saturated carbocycles. The van der Waals surface area contributed by atoms with Crippen molar-refractivity contribution in [1.82, 2.24) is 5.32 Å². The third-order valence-electron chi connectivity index (χ3n) is 2.94. The molecule has 1 aromatic rings. The van der Waals surface area contributed by atoms with Gasteiger partial charge in [0.15, 0.2) is 6.10 Å². The van der Waals surface area contributed by atoms with Crippen molar-refractivity contribution in [2.45, 2.75) is 44.9 Å². The van der Waals surface area contributed by atoms with E-state index < -0.39 is 35.9 Å². The maximum Gasteiger partial charge on any atom is 0.328 e. The molecule has 0 fully saturated rings. The molecule has 1 aromatic heterocycles. The van der Waals surface area contributed by atoms with Gasteiger partial charge in [-0.15, -0.1) is 0 Å². The van der Waals surface area contributed by atoms with E-state index in [0.717, 1.165) is 0 Å². The van der Waals surface area contributed by atoms with Crippen LogP contribution in [0.25, 0.3) is 5.53 Å². The second-order valence-electron chi connectivity index (χ2n) is 5.26. The molecule has 0 aromatic carbocycles. The number of esters is 1. The molecule has 0 aliphatic carbocycles. The van der Waals surface area contributed by atoms with Crippen LogP contribution >= 0.6 is 11.3 Å². The van der Waals surface area contributed by atoms with Crippen molar-refractivity contribution in [3.8, 4) is 0 Å². The molecule has 0 unspecified atom stereocenters. The molecule has 0 aliphatic heterocycles. The number of ether oxygens (including phenoxy) is 1. The average Bonchev–Trinajstić information content (AvgIpc) is 3.04. The van der Waals surface area contributed by atoms with E-state index in [-0.39, 0.29) is 12.8 Å². The number of nitrogens with one attached hydrogen (secondary N) is 1. The standard InChI is InChI=1S/C15H19N3O5S/c1-9(2)23-15(22)12(4-3-11(19)7-17-16)18-14(21)13(20)10-5-6-24-8-10/h5-9,12-13,20H,3-4H2,1-2H3,(H,18,21)/t12-,13+/m0/s1. The summed E-state index contributed by atoms with van der Waals surface area (Å²) in [6.07, 6.45) is -1.27. The van der Waals surface area contributed by atoms with Crippen LogP contribution in [-0.4, -0.2) is 45.9 Å². The molecule has 0 bridgehead atoms. The number of aliphatic hydroxyl groups excluding tert-OH is 1. The van der Waals surface area contributed by atoms with Gasteiger partial charge in [0.05, 0.1) is 6.10 Å². The van der Waals surface area contributed by atoms with Crippen LogP contribution in [0.4, 0.5) is 0 Å². The lowest BCUT2D eigenvalue weighted by molar-refractivity contribution is -0.152. The van der Waals surface area contributed by atoms with Crippen molar-refractivity contribution in [1.29, 1.82) is 0 Å². The highest BCUT2D eigenvalue weighted by atomic mass is 32.1. The lowest BCUT2D eigenvalue weighted by atomic mass is 10.1.